The van der Waals surface area contributed by atoms with Gasteiger partial charge in [-0.15, -0.1) is 0 Å². The molecule has 0 bridgehead atoms. The zero-order valence-corrected chi connectivity index (χ0v) is 13.9. The van der Waals surface area contributed by atoms with Crippen LogP contribution in [0.25, 0.3) is 0 Å². The Kier molecular flexibility index (Phi) is 6.37. The summed E-state index contributed by atoms with van der Waals surface area (Å²) in [5.74, 6) is 0.0913. The van der Waals surface area contributed by atoms with Gasteiger partial charge in [-0.2, -0.15) is 0 Å². The van der Waals surface area contributed by atoms with Gasteiger partial charge in [-0.1, -0.05) is 18.2 Å². The van der Waals surface area contributed by atoms with Gasteiger partial charge in [0.25, 0.3) is 0 Å². The van der Waals surface area contributed by atoms with Gasteiger partial charge in [-0.3, -0.25) is 4.90 Å². The second-order valence-corrected chi connectivity index (χ2v) is 7.29. The van der Waals surface area contributed by atoms with Crippen molar-refractivity contribution in [2.75, 3.05) is 37.5 Å². The van der Waals surface area contributed by atoms with E-state index in [0.29, 0.717) is 32.7 Å². The van der Waals surface area contributed by atoms with Gasteiger partial charge >= 0.3 is 6.09 Å². The highest BCUT2D eigenvalue weighted by Gasteiger charge is 2.34. The maximum Gasteiger partial charge on any atom is 0.414 e. The highest BCUT2D eigenvalue weighted by Crippen LogP contribution is 2.22. The minimum atomic E-state index is -3.15. The van der Waals surface area contributed by atoms with Crippen molar-refractivity contribution in [3.05, 3.63) is 30.3 Å². The topological polar surface area (TPSA) is 84.9 Å². The number of rotatable bonds is 9. The van der Waals surface area contributed by atoms with Crippen molar-refractivity contribution in [1.82, 2.24) is 4.72 Å². The van der Waals surface area contributed by atoms with Crippen LogP contribution in [0, 0.1) is 0 Å². The Balaban J connectivity index is 1.74. The lowest BCUT2D eigenvalue weighted by atomic mass is 10.2. The quantitative estimate of drug-likeness (QED) is 0.685. The molecule has 1 amide bonds. The lowest BCUT2D eigenvalue weighted by Crippen LogP contribution is -2.37. The minimum absolute atomic E-state index is 0.0913. The Hall–Kier alpha value is -1.64. The summed E-state index contributed by atoms with van der Waals surface area (Å²) < 4.78 is 35.5. The monoisotopic (exact) mass is 342 g/mol. The van der Waals surface area contributed by atoms with Gasteiger partial charge in [0.15, 0.2) is 0 Å². The third kappa shape index (κ3) is 5.19. The predicted molar refractivity (Wildman–Crippen MR) is 87.0 cm³/mol. The smallest absolute Gasteiger partial charge is 0.414 e. The van der Waals surface area contributed by atoms with Crippen LogP contribution in [0.2, 0.25) is 0 Å². The summed E-state index contributed by atoms with van der Waals surface area (Å²) in [5.41, 5.74) is 0.781. The largest absolute Gasteiger partial charge is 0.447 e. The first-order chi connectivity index (χ1) is 11.0. The number of benzene rings is 1. The van der Waals surface area contributed by atoms with E-state index >= 15 is 0 Å². The first-order valence-electron chi connectivity index (χ1n) is 7.53. The molecule has 1 atom stereocenters. The lowest BCUT2D eigenvalue weighted by molar-refractivity contribution is 0.111. The Morgan fingerprint density at radius 2 is 2.04 bits per heavy atom. The van der Waals surface area contributed by atoms with E-state index in [0.717, 1.165) is 5.69 Å². The van der Waals surface area contributed by atoms with E-state index in [2.05, 4.69) is 4.72 Å². The molecular weight excluding hydrogens is 320 g/mol. The Morgan fingerprint density at radius 3 is 2.74 bits per heavy atom. The number of unbranched alkanes of at least 4 members (excludes halogenated alkanes) is 1. The molecule has 2 rings (SSSR count). The molecule has 1 saturated heterocycles. The van der Waals surface area contributed by atoms with E-state index in [1.807, 2.05) is 30.3 Å². The van der Waals surface area contributed by atoms with Crippen LogP contribution in [0.3, 0.4) is 0 Å². The number of nitrogens with one attached hydrogen (secondary N) is 1. The normalized spacial score (nSPS) is 18.2. The summed E-state index contributed by atoms with van der Waals surface area (Å²) in [6.07, 6.45) is 0.810. The average molecular weight is 342 g/mol. The Bertz CT molecular complexity index is 606. The summed E-state index contributed by atoms with van der Waals surface area (Å²) in [4.78, 5) is 13.4. The Labute approximate surface area is 136 Å². The van der Waals surface area contributed by atoms with Crippen LogP contribution in [0.5, 0.6) is 0 Å². The second kappa shape index (κ2) is 8.28. The molecule has 7 nitrogen and oxygen atoms in total. The van der Waals surface area contributed by atoms with Crippen LogP contribution >= 0.6 is 0 Å². The van der Waals surface area contributed by atoms with Crippen LogP contribution in [-0.4, -0.2) is 53.2 Å². The zero-order chi connectivity index (χ0) is 16.7. The van der Waals surface area contributed by atoms with Crippen molar-refractivity contribution >= 4 is 21.8 Å². The van der Waals surface area contributed by atoms with E-state index in [-0.39, 0.29) is 17.9 Å². The zero-order valence-electron chi connectivity index (χ0n) is 13.1. The molecule has 1 aromatic carbocycles. The molecule has 0 saturated carbocycles. The van der Waals surface area contributed by atoms with E-state index in [1.165, 1.54) is 7.05 Å². The fourth-order valence-corrected chi connectivity index (χ4v) is 3.09. The number of amides is 1. The van der Waals surface area contributed by atoms with Crippen LogP contribution in [0.15, 0.2) is 30.3 Å². The van der Waals surface area contributed by atoms with Crippen LogP contribution in [-0.2, 0) is 19.5 Å². The van der Waals surface area contributed by atoms with Gasteiger partial charge in [-0.05, 0) is 32.0 Å². The fraction of sp³-hybridized carbons (Fsp3) is 0.533. The van der Waals surface area contributed by atoms with Crippen molar-refractivity contribution in [3.8, 4) is 0 Å². The molecule has 0 unspecified atom stereocenters. The molecule has 0 aliphatic carbocycles. The van der Waals surface area contributed by atoms with Crippen molar-refractivity contribution in [3.63, 3.8) is 0 Å². The molecule has 128 valence electrons. The number of nitrogens with zero attached hydrogens (tertiary/aromatic N) is 1. The van der Waals surface area contributed by atoms with Gasteiger partial charge in [0.05, 0.1) is 18.4 Å². The van der Waals surface area contributed by atoms with Gasteiger partial charge in [-0.25, -0.2) is 17.9 Å². The Morgan fingerprint density at radius 1 is 1.30 bits per heavy atom. The average Bonchev–Trinajstić information content (AvgIpc) is 2.92. The summed E-state index contributed by atoms with van der Waals surface area (Å²) in [6.45, 7) is 1.10. The molecule has 23 heavy (non-hydrogen) atoms. The van der Waals surface area contributed by atoms with Crippen LogP contribution < -0.4 is 9.62 Å². The van der Waals surface area contributed by atoms with E-state index < -0.39 is 10.0 Å². The van der Waals surface area contributed by atoms with Gasteiger partial charge in [0, 0.05) is 12.3 Å². The molecule has 8 heteroatoms. The number of hydrogen-bond acceptors (Lipinski definition) is 5. The first kappa shape index (κ1) is 17.7. The fourth-order valence-electron chi connectivity index (χ4n) is 2.31. The third-order valence-corrected chi connectivity index (χ3v) is 5.02. The van der Waals surface area contributed by atoms with Crippen molar-refractivity contribution in [2.24, 2.45) is 0 Å². The third-order valence-electron chi connectivity index (χ3n) is 3.57. The molecule has 1 heterocycles. The molecular formula is C15H22N2O5S. The van der Waals surface area contributed by atoms with Crippen molar-refractivity contribution < 1.29 is 22.7 Å². The SMILES string of the molecule is CNS(=O)(=O)CCCCOC[C@H]1COC(=O)N1c1ccccc1. The van der Waals surface area contributed by atoms with Crippen molar-refractivity contribution in [2.45, 2.75) is 18.9 Å². The highest BCUT2D eigenvalue weighted by molar-refractivity contribution is 7.89. The lowest BCUT2D eigenvalue weighted by Gasteiger charge is -2.21. The standard InChI is InChI=1S/C15H22N2O5S/c1-16-23(19,20)10-6-5-9-21-11-14-12-22-15(18)17(14)13-7-3-2-4-8-13/h2-4,7-8,14,16H,5-6,9-12H2,1H3/t14-/m0/s1. The molecule has 1 aromatic rings. The number of hydrogen-bond donors (Lipinski definition) is 1. The summed E-state index contributed by atoms with van der Waals surface area (Å²) in [7, 11) is -1.75. The highest BCUT2D eigenvalue weighted by atomic mass is 32.2. The molecule has 0 aromatic heterocycles. The van der Waals surface area contributed by atoms with Gasteiger partial charge in [0.1, 0.15) is 6.61 Å². The van der Waals surface area contributed by atoms with Crippen LogP contribution in [0.1, 0.15) is 12.8 Å². The van der Waals surface area contributed by atoms with Crippen LogP contribution in [0.4, 0.5) is 10.5 Å². The number of carbonyl (C=O) groups is 1. The maximum absolute atomic E-state index is 11.8. The van der Waals surface area contributed by atoms with E-state index in [9.17, 15) is 13.2 Å². The number of cyclic esters (lactones) is 1. The number of anilines is 1. The molecule has 1 aliphatic rings. The maximum atomic E-state index is 11.8. The summed E-state index contributed by atoms with van der Waals surface area (Å²) in [5, 5.41) is 0. The summed E-state index contributed by atoms with van der Waals surface area (Å²) >= 11 is 0. The van der Waals surface area contributed by atoms with E-state index in [4.69, 9.17) is 9.47 Å². The molecule has 0 radical (unpaired) electrons. The minimum Gasteiger partial charge on any atom is -0.447 e. The number of ether oxygens (including phenoxy) is 2. The molecule has 1 N–H and O–H groups in total. The van der Waals surface area contributed by atoms with E-state index in [1.54, 1.807) is 4.90 Å². The molecule has 1 fully saturated rings. The summed E-state index contributed by atoms with van der Waals surface area (Å²) in [6, 6.07) is 9.15. The van der Waals surface area contributed by atoms with Crippen molar-refractivity contribution in [1.29, 1.82) is 0 Å². The number of sulfonamides is 1. The molecule has 0 spiro atoms. The molecule has 1 aliphatic heterocycles. The predicted octanol–water partition coefficient (Wildman–Crippen LogP) is 1.36. The number of carbonyl (C=O) groups excluding carboxylic acids is 1. The van der Waals surface area contributed by atoms with Gasteiger partial charge in [0.2, 0.25) is 10.0 Å². The first-order valence-corrected chi connectivity index (χ1v) is 9.19. The van der Waals surface area contributed by atoms with Gasteiger partial charge < -0.3 is 9.47 Å². The second-order valence-electron chi connectivity index (χ2n) is 5.24. The number of para-hydroxylation sites is 1.